The molecule has 1 saturated carbocycles. The van der Waals surface area contributed by atoms with Crippen LogP contribution < -0.4 is 5.32 Å². The van der Waals surface area contributed by atoms with Crippen molar-refractivity contribution in [3.05, 3.63) is 16.5 Å². The Bertz CT molecular complexity index is 400. The van der Waals surface area contributed by atoms with Gasteiger partial charge in [0.25, 0.3) is 0 Å². The van der Waals surface area contributed by atoms with Gasteiger partial charge in [0.05, 0.1) is 0 Å². The summed E-state index contributed by atoms with van der Waals surface area (Å²) in [4.78, 5) is 8.92. The van der Waals surface area contributed by atoms with Crippen LogP contribution in [-0.2, 0) is 0 Å². The number of nitrogens with one attached hydrogen (secondary N) is 1. The van der Waals surface area contributed by atoms with E-state index in [4.69, 9.17) is 0 Å². The zero-order valence-corrected chi connectivity index (χ0v) is 12.3. The zero-order chi connectivity index (χ0) is 12.5. The van der Waals surface area contributed by atoms with Crippen LogP contribution in [0, 0.1) is 5.41 Å². The van der Waals surface area contributed by atoms with Crippen molar-refractivity contribution in [2.45, 2.75) is 46.0 Å². The molecule has 17 heavy (non-hydrogen) atoms. The summed E-state index contributed by atoms with van der Waals surface area (Å²) < 4.78 is 0.859. The van der Waals surface area contributed by atoms with Crippen LogP contribution in [-0.4, -0.2) is 16.5 Å². The third kappa shape index (κ3) is 3.18. The molecule has 3 nitrogen and oxygen atoms in total. The molecule has 0 aliphatic heterocycles. The van der Waals surface area contributed by atoms with Gasteiger partial charge in [0, 0.05) is 18.5 Å². The van der Waals surface area contributed by atoms with Crippen LogP contribution in [0.25, 0.3) is 0 Å². The van der Waals surface area contributed by atoms with Crippen LogP contribution in [0.5, 0.6) is 0 Å². The Hall–Kier alpha value is -0.640. The van der Waals surface area contributed by atoms with E-state index in [-0.39, 0.29) is 0 Å². The highest BCUT2D eigenvalue weighted by atomic mass is 79.9. The molecule has 0 amide bonds. The fourth-order valence-electron chi connectivity index (χ4n) is 2.05. The summed E-state index contributed by atoms with van der Waals surface area (Å²) >= 11 is 3.44. The average Bonchev–Trinajstić information content (AvgIpc) is 2.23. The normalized spacial score (nSPS) is 17.9. The lowest BCUT2D eigenvalue weighted by Gasteiger charge is -2.38. The number of aromatic nitrogens is 2. The van der Waals surface area contributed by atoms with Crippen LogP contribution in [0.4, 0.5) is 5.82 Å². The van der Waals surface area contributed by atoms with Gasteiger partial charge in [-0.15, -0.1) is 0 Å². The van der Waals surface area contributed by atoms with E-state index < -0.39 is 0 Å². The summed E-state index contributed by atoms with van der Waals surface area (Å²) in [6.07, 6.45) is 4.01. The first-order valence-electron chi connectivity index (χ1n) is 6.27. The minimum Gasteiger partial charge on any atom is -0.369 e. The maximum absolute atomic E-state index is 4.54. The first-order valence-corrected chi connectivity index (χ1v) is 7.06. The first-order chi connectivity index (χ1) is 7.98. The molecule has 1 aromatic rings. The predicted molar refractivity (Wildman–Crippen MR) is 74.3 cm³/mol. The Kier molecular flexibility index (Phi) is 3.71. The molecule has 0 bridgehead atoms. The molecule has 0 spiro atoms. The Balaban J connectivity index is 2.04. The van der Waals surface area contributed by atoms with Crippen molar-refractivity contribution in [3.63, 3.8) is 0 Å². The van der Waals surface area contributed by atoms with Gasteiger partial charge >= 0.3 is 0 Å². The van der Waals surface area contributed by atoms with Gasteiger partial charge in [0.15, 0.2) is 0 Å². The van der Waals surface area contributed by atoms with E-state index in [1.807, 2.05) is 6.07 Å². The molecule has 1 heterocycles. The number of nitrogens with zero attached hydrogens (tertiary/aromatic N) is 2. The second-order valence-electron chi connectivity index (χ2n) is 5.61. The highest BCUT2D eigenvalue weighted by molar-refractivity contribution is 9.10. The minimum absolute atomic E-state index is 0.354. The molecule has 0 unspecified atom stereocenters. The van der Waals surface area contributed by atoms with Crippen LogP contribution in [0.2, 0.25) is 0 Å². The average molecular weight is 298 g/mol. The van der Waals surface area contributed by atoms with Crippen LogP contribution in [0.3, 0.4) is 0 Å². The molecule has 0 atom stereocenters. The fraction of sp³-hybridized carbons (Fsp3) is 0.692. The van der Waals surface area contributed by atoms with Gasteiger partial charge in [-0.1, -0.05) is 27.2 Å². The third-order valence-corrected chi connectivity index (χ3v) is 3.89. The van der Waals surface area contributed by atoms with E-state index in [2.05, 4.69) is 52.0 Å². The van der Waals surface area contributed by atoms with Crippen molar-refractivity contribution >= 4 is 21.7 Å². The van der Waals surface area contributed by atoms with Gasteiger partial charge < -0.3 is 5.32 Å². The van der Waals surface area contributed by atoms with Crippen molar-refractivity contribution in [1.29, 1.82) is 0 Å². The zero-order valence-electron chi connectivity index (χ0n) is 10.8. The molecule has 1 aromatic heterocycles. The second kappa shape index (κ2) is 4.92. The van der Waals surface area contributed by atoms with Gasteiger partial charge in [-0.05, 0) is 34.2 Å². The molecule has 1 aliphatic rings. The molecule has 1 aliphatic carbocycles. The molecule has 0 radical (unpaired) electrons. The highest BCUT2D eigenvalue weighted by Gasteiger charge is 2.31. The largest absolute Gasteiger partial charge is 0.369 e. The van der Waals surface area contributed by atoms with Crippen molar-refractivity contribution in [1.82, 2.24) is 9.97 Å². The van der Waals surface area contributed by atoms with Crippen LogP contribution in [0.15, 0.2) is 10.7 Å². The molecule has 94 valence electrons. The first kappa shape index (κ1) is 12.8. The van der Waals surface area contributed by atoms with Gasteiger partial charge in [-0.3, -0.25) is 0 Å². The van der Waals surface area contributed by atoms with E-state index in [9.17, 15) is 0 Å². The standard InChI is InChI=1S/C13H20BrN3/c1-9(2)12-16-10(14)7-11(17-12)15-8-13(3)5-4-6-13/h7,9H,4-6,8H2,1-3H3,(H,15,16,17). The number of anilines is 1. The summed E-state index contributed by atoms with van der Waals surface area (Å²) in [5.74, 6) is 2.18. The van der Waals surface area contributed by atoms with E-state index >= 15 is 0 Å². The lowest BCUT2D eigenvalue weighted by molar-refractivity contribution is 0.180. The summed E-state index contributed by atoms with van der Waals surface area (Å²) in [5.41, 5.74) is 0.468. The topological polar surface area (TPSA) is 37.8 Å². The van der Waals surface area contributed by atoms with Gasteiger partial charge in [0.2, 0.25) is 0 Å². The monoisotopic (exact) mass is 297 g/mol. The summed E-state index contributed by atoms with van der Waals surface area (Å²) in [6, 6.07) is 1.95. The van der Waals surface area contributed by atoms with Gasteiger partial charge in [0.1, 0.15) is 16.2 Å². The van der Waals surface area contributed by atoms with Crippen molar-refractivity contribution in [3.8, 4) is 0 Å². The number of halogens is 1. The molecular weight excluding hydrogens is 278 g/mol. The minimum atomic E-state index is 0.354. The molecule has 1 fully saturated rings. The summed E-state index contributed by atoms with van der Waals surface area (Å²) in [7, 11) is 0. The van der Waals surface area contributed by atoms with E-state index in [1.165, 1.54) is 19.3 Å². The predicted octanol–water partition coefficient (Wildman–Crippen LogP) is 3.96. The van der Waals surface area contributed by atoms with Crippen molar-refractivity contribution in [2.24, 2.45) is 5.41 Å². The van der Waals surface area contributed by atoms with Crippen LogP contribution >= 0.6 is 15.9 Å². The number of hydrogen-bond donors (Lipinski definition) is 1. The Morgan fingerprint density at radius 3 is 2.65 bits per heavy atom. The molecule has 4 heteroatoms. The Morgan fingerprint density at radius 2 is 2.12 bits per heavy atom. The lowest BCUT2D eigenvalue weighted by atomic mass is 9.70. The van der Waals surface area contributed by atoms with E-state index in [0.717, 1.165) is 22.8 Å². The smallest absolute Gasteiger partial charge is 0.134 e. The third-order valence-electron chi connectivity index (χ3n) is 3.49. The van der Waals surface area contributed by atoms with Crippen molar-refractivity contribution < 1.29 is 0 Å². The maximum Gasteiger partial charge on any atom is 0.134 e. The number of rotatable bonds is 4. The molecular formula is C13H20BrN3. The van der Waals surface area contributed by atoms with Crippen molar-refractivity contribution in [2.75, 3.05) is 11.9 Å². The second-order valence-corrected chi connectivity index (χ2v) is 6.42. The quantitative estimate of drug-likeness (QED) is 0.855. The molecule has 0 saturated heterocycles. The molecule has 2 rings (SSSR count). The summed E-state index contributed by atoms with van der Waals surface area (Å²) in [5, 5.41) is 3.44. The maximum atomic E-state index is 4.54. The van der Waals surface area contributed by atoms with E-state index in [1.54, 1.807) is 0 Å². The summed E-state index contributed by atoms with van der Waals surface area (Å²) in [6.45, 7) is 7.56. The highest BCUT2D eigenvalue weighted by Crippen LogP contribution is 2.40. The Morgan fingerprint density at radius 1 is 1.41 bits per heavy atom. The van der Waals surface area contributed by atoms with Gasteiger partial charge in [-0.25, -0.2) is 9.97 Å². The van der Waals surface area contributed by atoms with Crippen LogP contribution in [0.1, 0.15) is 51.8 Å². The molecule has 1 N–H and O–H groups in total. The number of hydrogen-bond acceptors (Lipinski definition) is 3. The van der Waals surface area contributed by atoms with Gasteiger partial charge in [-0.2, -0.15) is 0 Å². The SMILES string of the molecule is CC(C)c1nc(Br)cc(NCC2(C)CCC2)n1. The fourth-order valence-corrected chi connectivity index (χ4v) is 2.44. The Labute approximate surface area is 112 Å². The lowest BCUT2D eigenvalue weighted by Crippen LogP contribution is -2.33. The molecule has 0 aromatic carbocycles. The van der Waals surface area contributed by atoms with E-state index in [0.29, 0.717) is 11.3 Å².